The van der Waals surface area contributed by atoms with Crippen LogP contribution in [0, 0.1) is 0 Å². The Morgan fingerprint density at radius 2 is 1.88 bits per heavy atom. The summed E-state index contributed by atoms with van der Waals surface area (Å²) in [6.45, 7) is 6.54. The molecule has 0 fully saturated rings. The summed E-state index contributed by atoms with van der Waals surface area (Å²) in [5, 5.41) is 11.6. The fraction of sp³-hybridized carbons (Fsp3) is 0.222. The normalized spacial score (nSPS) is 11.8. The van der Waals surface area contributed by atoms with Gasteiger partial charge in [-0.05, 0) is 65.6 Å². The summed E-state index contributed by atoms with van der Waals surface area (Å²) in [6.07, 6.45) is 6.14. The summed E-state index contributed by atoms with van der Waals surface area (Å²) in [6, 6.07) is 20.1. The minimum atomic E-state index is 0.0237. The van der Waals surface area contributed by atoms with E-state index in [1.54, 1.807) is 18.0 Å². The lowest BCUT2D eigenvalue weighted by Crippen LogP contribution is -2.13. The highest BCUT2D eigenvalue weighted by atomic mass is 32.2. The molecule has 168 valence electrons. The third kappa shape index (κ3) is 6.11. The fourth-order valence-corrected chi connectivity index (χ4v) is 4.30. The van der Waals surface area contributed by atoms with Gasteiger partial charge < -0.3 is 5.32 Å². The van der Waals surface area contributed by atoms with E-state index in [1.165, 1.54) is 5.56 Å². The van der Waals surface area contributed by atoms with E-state index in [0.29, 0.717) is 12.2 Å². The van der Waals surface area contributed by atoms with E-state index < -0.39 is 0 Å². The Morgan fingerprint density at radius 3 is 2.61 bits per heavy atom. The lowest BCUT2D eigenvalue weighted by Gasteiger charge is -2.19. The average Bonchev–Trinajstić information content (AvgIpc) is 3.20. The molecule has 0 radical (unpaired) electrons. The van der Waals surface area contributed by atoms with Crippen molar-refractivity contribution in [1.29, 1.82) is 0 Å². The van der Waals surface area contributed by atoms with Crippen LogP contribution in [0.25, 0.3) is 23.1 Å². The predicted molar refractivity (Wildman–Crippen MR) is 138 cm³/mol. The molecule has 2 N–H and O–H groups in total. The summed E-state index contributed by atoms with van der Waals surface area (Å²) >= 11 is 1.66. The van der Waals surface area contributed by atoms with Gasteiger partial charge in [-0.1, -0.05) is 39.0 Å². The average molecular weight is 457 g/mol. The number of thioether (sulfide) groups is 1. The Morgan fingerprint density at radius 1 is 1.06 bits per heavy atom. The molecule has 0 aliphatic rings. The smallest absolute Gasteiger partial charge is 0.225 e. The van der Waals surface area contributed by atoms with Crippen LogP contribution in [0.4, 0.5) is 5.69 Å². The number of aromatic amines is 1. The molecule has 0 aliphatic heterocycles. The summed E-state index contributed by atoms with van der Waals surface area (Å²) in [5.41, 5.74) is 4.94. The third-order valence-corrected chi connectivity index (χ3v) is 6.29. The molecule has 33 heavy (non-hydrogen) atoms. The van der Waals surface area contributed by atoms with Gasteiger partial charge in [0, 0.05) is 34.3 Å². The summed E-state index contributed by atoms with van der Waals surface area (Å²) in [5.74, 6) is 0.730. The highest BCUT2D eigenvalue weighted by Crippen LogP contribution is 2.26. The van der Waals surface area contributed by atoms with Gasteiger partial charge in [0.05, 0.1) is 16.9 Å². The van der Waals surface area contributed by atoms with Crippen molar-refractivity contribution in [2.45, 2.75) is 37.5 Å². The van der Waals surface area contributed by atoms with Crippen molar-refractivity contribution < 1.29 is 4.79 Å². The number of hydrogen-bond donors (Lipinski definition) is 2. The van der Waals surface area contributed by atoms with E-state index in [0.717, 1.165) is 32.9 Å². The second-order valence-corrected chi connectivity index (χ2v) is 10.0. The molecule has 0 aliphatic carbocycles. The molecule has 2 aromatic carbocycles. The quantitative estimate of drug-likeness (QED) is 0.310. The van der Waals surface area contributed by atoms with Crippen LogP contribution in [0.1, 0.15) is 44.1 Å². The van der Waals surface area contributed by atoms with Gasteiger partial charge in [-0.2, -0.15) is 5.10 Å². The summed E-state index contributed by atoms with van der Waals surface area (Å²) in [7, 11) is 0. The van der Waals surface area contributed by atoms with Crippen LogP contribution in [0.2, 0.25) is 0 Å². The van der Waals surface area contributed by atoms with Crippen LogP contribution in [-0.2, 0) is 10.2 Å². The highest BCUT2D eigenvalue weighted by molar-refractivity contribution is 7.99. The number of carbonyl (C=O) groups is 1. The molecule has 0 spiro atoms. The van der Waals surface area contributed by atoms with Crippen molar-refractivity contribution in [2.24, 2.45) is 0 Å². The molecule has 6 heteroatoms. The summed E-state index contributed by atoms with van der Waals surface area (Å²) in [4.78, 5) is 17.7. The molecule has 0 unspecified atom stereocenters. The van der Waals surface area contributed by atoms with E-state index in [4.69, 9.17) is 0 Å². The molecule has 1 amide bonds. The number of carbonyl (C=O) groups excluding carboxylic acids is 1. The topological polar surface area (TPSA) is 70.7 Å². The van der Waals surface area contributed by atoms with Crippen molar-refractivity contribution in [3.63, 3.8) is 0 Å². The van der Waals surface area contributed by atoms with Crippen LogP contribution in [0.15, 0.2) is 71.8 Å². The minimum absolute atomic E-state index is 0.0237. The largest absolute Gasteiger partial charge is 0.326 e. The number of H-pyrrole nitrogens is 1. The number of anilines is 1. The van der Waals surface area contributed by atoms with Gasteiger partial charge in [-0.25, -0.2) is 0 Å². The molecule has 0 saturated carbocycles. The molecular weight excluding hydrogens is 428 g/mol. The number of nitrogens with zero attached hydrogens (tertiary/aromatic N) is 2. The van der Waals surface area contributed by atoms with Crippen molar-refractivity contribution in [3.05, 3.63) is 83.8 Å². The van der Waals surface area contributed by atoms with E-state index in [-0.39, 0.29) is 11.3 Å². The lowest BCUT2D eigenvalue weighted by atomic mass is 9.87. The zero-order chi connectivity index (χ0) is 23.3. The van der Waals surface area contributed by atoms with Crippen molar-refractivity contribution in [2.75, 3.05) is 11.1 Å². The van der Waals surface area contributed by atoms with Crippen molar-refractivity contribution >= 4 is 46.4 Å². The van der Waals surface area contributed by atoms with Gasteiger partial charge in [0.1, 0.15) is 0 Å². The number of nitrogens with one attached hydrogen (secondary N) is 2. The van der Waals surface area contributed by atoms with Crippen LogP contribution < -0.4 is 5.32 Å². The van der Waals surface area contributed by atoms with Crippen molar-refractivity contribution in [3.8, 4) is 0 Å². The SMILES string of the molecule is CC(C)(C)c1ccc(NC(=O)CCSc2ccc3c(/C=C/c4ccccn4)n[nH]c3c2)cc1. The van der Waals surface area contributed by atoms with Gasteiger partial charge in [0.2, 0.25) is 5.91 Å². The molecule has 0 atom stereocenters. The summed E-state index contributed by atoms with van der Waals surface area (Å²) < 4.78 is 0. The Labute approximate surface area is 198 Å². The number of aromatic nitrogens is 3. The molecule has 4 rings (SSSR count). The van der Waals surface area contributed by atoms with E-state index in [9.17, 15) is 4.79 Å². The molecule has 2 aromatic heterocycles. The van der Waals surface area contributed by atoms with E-state index >= 15 is 0 Å². The predicted octanol–water partition coefficient (Wildman–Crippen LogP) is 6.55. The Balaban J connectivity index is 1.30. The lowest BCUT2D eigenvalue weighted by molar-refractivity contribution is -0.115. The number of amides is 1. The molecule has 5 nitrogen and oxygen atoms in total. The van der Waals surface area contributed by atoms with Gasteiger partial charge in [0.25, 0.3) is 0 Å². The minimum Gasteiger partial charge on any atom is -0.326 e. The van der Waals surface area contributed by atoms with Crippen LogP contribution in [0.3, 0.4) is 0 Å². The Bertz CT molecular complexity index is 1260. The first kappa shape index (κ1) is 22.8. The van der Waals surface area contributed by atoms with Gasteiger partial charge in [-0.15, -0.1) is 11.8 Å². The zero-order valence-electron chi connectivity index (χ0n) is 19.1. The highest BCUT2D eigenvalue weighted by Gasteiger charge is 2.13. The third-order valence-electron chi connectivity index (χ3n) is 5.30. The fourth-order valence-electron chi connectivity index (χ4n) is 3.41. The molecule has 4 aromatic rings. The Kier molecular flexibility index (Phi) is 6.94. The second kappa shape index (κ2) is 10.0. The van der Waals surface area contributed by atoms with Gasteiger partial charge >= 0.3 is 0 Å². The van der Waals surface area contributed by atoms with Crippen LogP contribution in [-0.4, -0.2) is 26.8 Å². The number of fused-ring (bicyclic) bond motifs is 1. The van der Waals surface area contributed by atoms with Crippen LogP contribution >= 0.6 is 11.8 Å². The monoisotopic (exact) mass is 456 g/mol. The van der Waals surface area contributed by atoms with Gasteiger partial charge in [-0.3, -0.25) is 14.9 Å². The second-order valence-electron chi connectivity index (χ2n) is 8.88. The van der Waals surface area contributed by atoms with Crippen molar-refractivity contribution in [1.82, 2.24) is 15.2 Å². The maximum absolute atomic E-state index is 12.3. The molecule has 2 heterocycles. The maximum atomic E-state index is 12.3. The first-order valence-corrected chi connectivity index (χ1v) is 12.0. The first-order chi connectivity index (χ1) is 15.9. The standard InChI is InChI=1S/C27H28N4OS/c1-27(2,3)19-7-9-21(10-8-19)29-26(32)15-17-33-22-12-13-23-24(30-31-25(23)18-22)14-11-20-6-4-5-16-28-20/h4-14,16,18H,15,17H2,1-3H3,(H,29,32)(H,30,31)/b14-11+. The molecular formula is C27H28N4OS. The number of pyridine rings is 1. The molecule has 0 bridgehead atoms. The maximum Gasteiger partial charge on any atom is 0.225 e. The van der Waals surface area contributed by atoms with Crippen LogP contribution in [0.5, 0.6) is 0 Å². The number of hydrogen-bond acceptors (Lipinski definition) is 4. The molecule has 0 saturated heterocycles. The zero-order valence-corrected chi connectivity index (χ0v) is 19.9. The Hall–Kier alpha value is -3.38. The van der Waals surface area contributed by atoms with E-state index in [2.05, 4.69) is 71.6 Å². The first-order valence-electron chi connectivity index (χ1n) is 11.0. The number of rotatable bonds is 7. The van der Waals surface area contributed by atoms with Gasteiger partial charge in [0.15, 0.2) is 0 Å². The van der Waals surface area contributed by atoms with E-state index in [1.807, 2.05) is 42.5 Å². The number of benzene rings is 2.